The minimum atomic E-state index is -0.399. The molecule has 0 aliphatic rings. The van der Waals surface area contributed by atoms with Crippen LogP contribution in [0.2, 0.25) is 0 Å². The third-order valence-electron chi connectivity index (χ3n) is 4.88. The molecule has 0 spiro atoms. The molecule has 0 unspecified atom stereocenters. The standard InChI is InChI=1S/C25H25N5O2S2/c1-25(2,3)30-22(32)20-18(26)17-19(28-24(33-4)29-23(17)34-20)15-11-8-12-16(13-15)27-21(31)14-9-6-5-7-10-14/h5-13H,26H2,1-4H3,(H,27,31)(H,30,32). The number of fused-ring (bicyclic) bond motifs is 1. The number of nitrogens with one attached hydrogen (secondary N) is 2. The van der Waals surface area contributed by atoms with Gasteiger partial charge in [0.05, 0.1) is 16.8 Å². The van der Waals surface area contributed by atoms with E-state index in [9.17, 15) is 9.59 Å². The second-order valence-corrected chi connectivity index (χ2v) is 10.5. The zero-order chi connectivity index (χ0) is 24.5. The molecule has 0 radical (unpaired) electrons. The molecule has 0 saturated carbocycles. The largest absolute Gasteiger partial charge is 0.397 e. The molecular formula is C25H25N5O2S2. The number of anilines is 2. The van der Waals surface area contributed by atoms with Gasteiger partial charge in [-0.05, 0) is 51.3 Å². The number of aromatic nitrogens is 2. The normalized spacial score (nSPS) is 11.4. The van der Waals surface area contributed by atoms with Crippen LogP contribution in [0, 0.1) is 0 Å². The van der Waals surface area contributed by atoms with Crippen LogP contribution in [0.1, 0.15) is 40.8 Å². The first-order chi connectivity index (χ1) is 16.2. The van der Waals surface area contributed by atoms with Crippen molar-refractivity contribution in [2.75, 3.05) is 17.3 Å². The molecule has 4 N–H and O–H groups in total. The highest BCUT2D eigenvalue weighted by Gasteiger charge is 2.24. The number of nitrogen functional groups attached to an aromatic ring is 1. The zero-order valence-corrected chi connectivity index (χ0v) is 20.9. The van der Waals surface area contributed by atoms with Gasteiger partial charge in [0.1, 0.15) is 9.71 Å². The van der Waals surface area contributed by atoms with Crippen molar-refractivity contribution in [1.29, 1.82) is 0 Å². The summed E-state index contributed by atoms with van der Waals surface area (Å²) in [6, 6.07) is 16.4. The first-order valence-electron chi connectivity index (χ1n) is 10.6. The van der Waals surface area contributed by atoms with Gasteiger partial charge in [-0.25, -0.2) is 9.97 Å². The molecule has 0 bridgehead atoms. The summed E-state index contributed by atoms with van der Waals surface area (Å²) < 4.78 is 0. The van der Waals surface area contributed by atoms with E-state index in [-0.39, 0.29) is 11.8 Å². The van der Waals surface area contributed by atoms with E-state index >= 15 is 0 Å². The Morgan fingerprint density at radius 1 is 1.00 bits per heavy atom. The Kier molecular flexibility index (Phi) is 6.58. The number of nitrogens with zero attached hydrogens (tertiary/aromatic N) is 2. The minimum Gasteiger partial charge on any atom is -0.397 e. The smallest absolute Gasteiger partial charge is 0.263 e. The number of thiophene rings is 1. The fourth-order valence-electron chi connectivity index (χ4n) is 3.41. The van der Waals surface area contributed by atoms with Crippen molar-refractivity contribution in [1.82, 2.24) is 15.3 Å². The predicted molar refractivity (Wildman–Crippen MR) is 141 cm³/mol. The Morgan fingerprint density at radius 3 is 2.41 bits per heavy atom. The van der Waals surface area contributed by atoms with Crippen molar-refractivity contribution in [3.05, 3.63) is 65.0 Å². The zero-order valence-electron chi connectivity index (χ0n) is 19.3. The van der Waals surface area contributed by atoms with Gasteiger partial charge in [-0.1, -0.05) is 42.1 Å². The molecule has 174 valence electrons. The van der Waals surface area contributed by atoms with Gasteiger partial charge in [-0.3, -0.25) is 9.59 Å². The van der Waals surface area contributed by atoms with E-state index in [0.717, 1.165) is 5.56 Å². The summed E-state index contributed by atoms with van der Waals surface area (Å²) in [5, 5.41) is 7.10. The maximum atomic E-state index is 12.9. The van der Waals surface area contributed by atoms with E-state index in [4.69, 9.17) is 10.7 Å². The monoisotopic (exact) mass is 491 g/mol. The minimum absolute atomic E-state index is 0.202. The van der Waals surface area contributed by atoms with E-state index in [2.05, 4.69) is 15.6 Å². The Bertz CT molecular complexity index is 1380. The summed E-state index contributed by atoms with van der Waals surface area (Å²) in [6.07, 6.45) is 1.89. The maximum absolute atomic E-state index is 12.9. The van der Waals surface area contributed by atoms with Crippen LogP contribution < -0.4 is 16.4 Å². The predicted octanol–water partition coefficient (Wildman–Crippen LogP) is 5.44. The van der Waals surface area contributed by atoms with Crippen LogP contribution in [-0.4, -0.2) is 33.6 Å². The van der Waals surface area contributed by atoms with Crippen LogP contribution in [0.5, 0.6) is 0 Å². The van der Waals surface area contributed by atoms with E-state index in [1.807, 2.05) is 69.5 Å². The van der Waals surface area contributed by atoms with Crippen molar-refractivity contribution in [3.63, 3.8) is 0 Å². The number of nitrogens with two attached hydrogens (primary N) is 1. The van der Waals surface area contributed by atoms with Gasteiger partial charge in [-0.2, -0.15) is 0 Å². The molecule has 0 atom stereocenters. The van der Waals surface area contributed by atoms with Crippen molar-refractivity contribution in [2.45, 2.75) is 31.5 Å². The van der Waals surface area contributed by atoms with E-state index in [0.29, 0.717) is 42.9 Å². The van der Waals surface area contributed by atoms with Gasteiger partial charge in [0, 0.05) is 22.4 Å². The molecule has 2 amide bonds. The highest BCUT2D eigenvalue weighted by molar-refractivity contribution is 7.98. The topological polar surface area (TPSA) is 110 Å². The second-order valence-electron chi connectivity index (χ2n) is 8.69. The number of benzene rings is 2. The summed E-state index contributed by atoms with van der Waals surface area (Å²) in [7, 11) is 0. The number of carbonyl (C=O) groups is 2. The molecule has 2 heterocycles. The molecule has 0 saturated heterocycles. The van der Waals surface area contributed by atoms with E-state index in [1.165, 1.54) is 23.1 Å². The van der Waals surface area contributed by atoms with Crippen molar-refractivity contribution >= 4 is 56.5 Å². The average Bonchev–Trinajstić information content (AvgIpc) is 3.14. The van der Waals surface area contributed by atoms with Crippen molar-refractivity contribution in [2.24, 2.45) is 0 Å². The lowest BCUT2D eigenvalue weighted by atomic mass is 10.1. The van der Waals surface area contributed by atoms with Gasteiger partial charge < -0.3 is 16.4 Å². The molecular weight excluding hydrogens is 466 g/mol. The molecule has 2 aromatic carbocycles. The van der Waals surface area contributed by atoms with Gasteiger partial charge in [-0.15, -0.1) is 11.3 Å². The lowest BCUT2D eigenvalue weighted by molar-refractivity contribution is 0.0924. The maximum Gasteiger partial charge on any atom is 0.263 e. The molecule has 4 rings (SSSR count). The first kappa shape index (κ1) is 23.7. The lowest BCUT2D eigenvalue weighted by Crippen LogP contribution is -2.40. The average molecular weight is 492 g/mol. The van der Waals surface area contributed by atoms with Crippen LogP contribution >= 0.6 is 23.1 Å². The van der Waals surface area contributed by atoms with Gasteiger partial charge in [0.2, 0.25) is 0 Å². The van der Waals surface area contributed by atoms with Crippen LogP contribution in [-0.2, 0) is 0 Å². The van der Waals surface area contributed by atoms with Crippen molar-refractivity contribution < 1.29 is 9.59 Å². The molecule has 4 aromatic rings. The summed E-state index contributed by atoms with van der Waals surface area (Å²) in [4.78, 5) is 35.9. The Balaban J connectivity index is 1.77. The third-order valence-corrected chi connectivity index (χ3v) is 6.52. The SMILES string of the molecule is CSc1nc(-c2cccc(NC(=O)c3ccccc3)c2)c2c(N)c(C(=O)NC(C)(C)C)sc2n1. The molecule has 0 aliphatic heterocycles. The van der Waals surface area contributed by atoms with E-state index < -0.39 is 5.54 Å². The van der Waals surface area contributed by atoms with Crippen LogP contribution in [0.15, 0.2) is 59.8 Å². The van der Waals surface area contributed by atoms with Crippen LogP contribution in [0.4, 0.5) is 11.4 Å². The first-order valence-corrected chi connectivity index (χ1v) is 12.6. The number of carbonyl (C=O) groups excluding carboxylic acids is 2. The Morgan fingerprint density at radius 2 is 1.74 bits per heavy atom. The summed E-state index contributed by atoms with van der Waals surface area (Å²) >= 11 is 2.66. The molecule has 0 fully saturated rings. The summed E-state index contributed by atoms with van der Waals surface area (Å²) in [5.41, 5.74) is 9.01. The quantitative estimate of drug-likeness (QED) is 0.253. The molecule has 0 aliphatic carbocycles. The van der Waals surface area contributed by atoms with Crippen LogP contribution in [0.3, 0.4) is 0 Å². The fraction of sp³-hybridized carbons (Fsp3) is 0.200. The fourth-order valence-corrected chi connectivity index (χ4v) is 4.82. The van der Waals surface area contributed by atoms with Crippen molar-refractivity contribution in [3.8, 4) is 11.3 Å². The Labute approximate surface area is 206 Å². The number of amides is 2. The lowest BCUT2D eigenvalue weighted by Gasteiger charge is -2.20. The highest BCUT2D eigenvalue weighted by atomic mass is 32.2. The van der Waals surface area contributed by atoms with Gasteiger partial charge in [0.25, 0.3) is 11.8 Å². The highest BCUT2D eigenvalue weighted by Crippen LogP contribution is 2.40. The number of hydrogen-bond acceptors (Lipinski definition) is 7. The number of rotatable bonds is 5. The third kappa shape index (κ3) is 5.05. The summed E-state index contributed by atoms with van der Waals surface area (Å²) in [5.74, 6) is -0.444. The molecule has 34 heavy (non-hydrogen) atoms. The van der Waals surface area contributed by atoms with Gasteiger partial charge >= 0.3 is 0 Å². The molecule has 9 heteroatoms. The van der Waals surface area contributed by atoms with Gasteiger partial charge in [0.15, 0.2) is 5.16 Å². The Hall–Kier alpha value is -3.43. The number of hydrogen-bond donors (Lipinski definition) is 3. The molecule has 2 aromatic heterocycles. The second kappa shape index (κ2) is 9.44. The summed E-state index contributed by atoms with van der Waals surface area (Å²) in [6.45, 7) is 5.75. The number of thioether (sulfide) groups is 1. The molecule has 7 nitrogen and oxygen atoms in total. The van der Waals surface area contributed by atoms with E-state index in [1.54, 1.807) is 12.1 Å². The van der Waals surface area contributed by atoms with Crippen LogP contribution in [0.25, 0.3) is 21.5 Å².